The second-order valence-corrected chi connectivity index (χ2v) is 23.3. The molecule has 20 heteroatoms. The van der Waals surface area contributed by atoms with Crippen molar-refractivity contribution in [3.05, 3.63) is 90.5 Å². The summed E-state index contributed by atoms with van der Waals surface area (Å²) in [7, 11) is 6.05. The first-order valence-corrected chi connectivity index (χ1v) is 25.3. The topological polar surface area (TPSA) is 271 Å². The maximum absolute atomic E-state index is 15.4. The molecule has 0 aliphatic heterocycles. The molecule has 2 aromatic rings. The van der Waals surface area contributed by atoms with Gasteiger partial charge in [0.25, 0.3) is 0 Å². The summed E-state index contributed by atoms with van der Waals surface area (Å²) in [5.41, 5.74) is -9.77. The summed E-state index contributed by atoms with van der Waals surface area (Å²) in [6.07, 6.45) is 0.585. The van der Waals surface area contributed by atoms with Crippen molar-refractivity contribution in [1.82, 2.24) is 9.80 Å². The Kier molecular flexibility index (Phi) is 15.1. The number of benzene rings is 2. The molecule has 0 unspecified atom stereocenters. The van der Waals surface area contributed by atoms with Gasteiger partial charge in [0.05, 0.1) is 23.2 Å². The SMILES string of the molecule is CC(=O)C1=C(O)[C@@]2(O)C(=O)C3=C(O)c4c(O)c(CCC(C)C)c(F)c(F)c4C[C@H]3C[C@H]2[C@H](N(C)C)C1=O.CC(=O)C1=C(O)[C@@]2(O)C(=O)C3=C(O)c4c(O)c(CCCC(C)(C)C)c(F)c(F)c4C[C@H]3C[C@H]2[C@H](N(C)C)C1=O. The number of Topliss-reactive ketones (excluding diaryl/α,β-unsaturated/α-hetero) is 6. The number of aliphatic hydroxyl groups excluding tert-OH is 4. The highest BCUT2D eigenvalue weighted by molar-refractivity contribution is 6.26. The van der Waals surface area contributed by atoms with E-state index in [-0.39, 0.29) is 83.3 Å². The molecule has 6 aliphatic rings. The highest BCUT2D eigenvalue weighted by Crippen LogP contribution is 2.56. The summed E-state index contributed by atoms with van der Waals surface area (Å²) >= 11 is 0. The van der Waals surface area contributed by atoms with Gasteiger partial charge in [-0.3, -0.25) is 38.6 Å². The van der Waals surface area contributed by atoms with Crippen LogP contribution in [0.3, 0.4) is 0 Å². The highest BCUT2D eigenvalue weighted by atomic mass is 19.2. The van der Waals surface area contributed by atoms with Crippen LogP contribution in [0.4, 0.5) is 17.6 Å². The molecule has 76 heavy (non-hydrogen) atoms. The number of hydrogen-bond donors (Lipinski definition) is 8. The lowest BCUT2D eigenvalue weighted by Crippen LogP contribution is -2.65. The second kappa shape index (κ2) is 20.0. The zero-order valence-electron chi connectivity index (χ0n) is 44.3. The molecule has 0 saturated heterocycles. The van der Waals surface area contributed by atoms with Gasteiger partial charge in [0.1, 0.15) is 45.7 Å². The molecule has 2 saturated carbocycles. The Morgan fingerprint density at radius 2 is 0.974 bits per heavy atom. The van der Waals surface area contributed by atoms with Crippen molar-refractivity contribution < 1.29 is 87.2 Å². The van der Waals surface area contributed by atoms with Crippen molar-refractivity contribution in [3.8, 4) is 11.5 Å². The predicted octanol–water partition coefficient (Wildman–Crippen LogP) is 6.65. The quantitative estimate of drug-likeness (QED) is 0.0914. The fourth-order valence-electron chi connectivity index (χ4n) is 12.6. The molecule has 0 heterocycles. The van der Waals surface area contributed by atoms with Crippen LogP contribution >= 0.6 is 0 Å². The number of rotatable bonds is 10. The van der Waals surface area contributed by atoms with Crippen molar-refractivity contribution in [2.75, 3.05) is 28.2 Å². The van der Waals surface area contributed by atoms with Gasteiger partial charge in [-0.1, -0.05) is 34.6 Å². The van der Waals surface area contributed by atoms with Gasteiger partial charge in [0, 0.05) is 45.2 Å². The maximum atomic E-state index is 15.4. The minimum absolute atomic E-state index is 0.0103. The maximum Gasteiger partial charge on any atom is 0.202 e. The number of carbonyl (C=O) groups excluding carboxylic acids is 6. The number of halogens is 4. The number of ketones is 6. The monoisotopic (exact) mass is 1070 g/mol. The number of hydrogen-bond acceptors (Lipinski definition) is 16. The number of likely N-dealkylation sites (N-methyl/N-ethyl adjacent to an activating group) is 2. The summed E-state index contributed by atoms with van der Waals surface area (Å²) in [5.74, 6) is -19.9. The molecule has 8 rings (SSSR count). The van der Waals surface area contributed by atoms with Gasteiger partial charge >= 0.3 is 0 Å². The minimum Gasteiger partial charge on any atom is -0.508 e. The molecule has 0 bridgehead atoms. The van der Waals surface area contributed by atoms with E-state index in [2.05, 4.69) is 0 Å². The predicted molar refractivity (Wildman–Crippen MR) is 267 cm³/mol. The van der Waals surface area contributed by atoms with E-state index in [1.807, 2.05) is 34.6 Å². The van der Waals surface area contributed by atoms with Crippen LogP contribution < -0.4 is 0 Å². The number of aliphatic hydroxyl groups is 6. The third-order valence-electron chi connectivity index (χ3n) is 16.3. The second-order valence-electron chi connectivity index (χ2n) is 23.3. The van der Waals surface area contributed by atoms with Crippen LogP contribution in [0.5, 0.6) is 11.5 Å². The molecule has 16 nitrogen and oxygen atoms in total. The molecule has 0 spiro atoms. The van der Waals surface area contributed by atoms with E-state index in [4.69, 9.17) is 0 Å². The summed E-state index contributed by atoms with van der Waals surface area (Å²) in [4.78, 5) is 81.3. The van der Waals surface area contributed by atoms with Gasteiger partial charge in [-0.15, -0.1) is 0 Å². The molecular weight excluding hydrogens is 1000 g/mol. The van der Waals surface area contributed by atoms with Crippen molar-refractivity contribution in [2.24, 2.45) is 35.0 Å². The van der Waals surface area contributed by atoms with Crippen LogP contribution in [0, 0.1) is 58.3 Å². The normalized spacial score (nSPS) is 27.3. The van der Waals surface area contributed by atoms with Crippen LogP contribution in [-0.4, -0.2) is 137 Å². The van der Waals surface area contributed by atoms with Crippen molar-refractivity contribution >= 4 is 46.2 Å². The summed E-state index contributed by atoms with van der Waals surface area (Å²) in [6, 6.07) is -2.36. The number of phenols is 2. The van der Waals surface area contributed by atoms with E-state index in [0.717, 1.165) is 13.8 Å². The largest absolute Gasteiger partial charge is 0.508 e. The number of phenolic OH excluding ortho intramolecular Hbond substituents is 2. The van der Waals surface area contributed by atoms with E-state index in [1.165, 1.54) is 38.0 Å². The van der Waals surface area contributed by atoms with E-state index >= 15 is 13.2 Å². The standard InChI is InChI=1S/C29H35F2NO7.C27H31F2NO7/c1-12(33)17-25(36)22(32(5)6)16-11-13-10-15-19(24(35)18(13)27(38)29(16,39)26(17)37)23(34)14(20(30)21(15)31)8-7-9-28(2,3)4;1-10(2)6-7-13-19(28)20(29)14-8-12-9-15-21(30(4)5)24(34)16(11(3)31)25(35)27(15,37)26(36)17(12)23(33)18(14)22(13)32/h13,16,22,34-35,37,39H,7-11H2,1-6H3;10,12,15,21,32-33,35,37H,6-9H2,1-5H3/t13-,16-,22-,29+;12-,15-,21-,27+/m00/s1. The van der Waals surface area contributed by atoms with Gasteiger partial charge in [-0.2, -0.15) is 0 Å². The van der Waals surface area contributed by atoms with Gasteiger partial charge < -0.3 is 40.9 Å². The Balaban J connectivity index is 0.000000221. The number of nitrogens with zero attached hydrogens (tertiary/aromatic N) is 2. The Hall–Kier alpha value is -6.22. The smallest absolute Gasteiger partial charge is 0.202 e. The third-order valence-corrected chi connectivity index (χ3v) is 16.3. The van der Waals surface area contributed by atoms with Gasteiger partial charge in [0.15, 0.2) is 57.6 Å². The molecule has 8 atom stereocenters. The van der Waals surface area contributed by atoms with E-state index < -0.39 is 162 Å². The fourth-order valence-corrected chi connectivity index (χ4v) is 12.6. The minimum atomic E-state index is -2.72. The summed E-state index contributed by atoms with van der Waals surface area (Å²) < 4.78 is 60.8. The van der Waals surface area contributed by atoms with E-state index in [1.54, 1.807) is 0 Å². The molecule has 0 radical (unpaired) electrons. The average molecular weight is 1070 g/mol. The van der Waals surface area contributed by atoms with Crippen molar-refractivity contribution in [2.45, 2.75) is 130 Å². The lowest BCUT2D eigenvalue weighted by molar-refractivity contribution is -0.155. The third kappa shape index (κ3) is 8.76. The van der Waals surface area contributed by atoms with Gasteiger partial charge in [0.2, 0.25) is 11.6 Å². The lowest BCUT2D eigenvalue weighted by Gasteiger charge is -2.50. The molecule has 6 aliphatic carbocycles. The first-order chi connectivity index (χ1) is 35.1. The zero-order valence-corrected chi connectivity index (χ0v) is 44.3. The summed E-state index contributed by atoms with van der Waals surface area (Å²) in [5, 5.41) is 89.4. The Morgan fingerprint density at radius 3 is 1.29 bits per heavy atom. The van der Waals surface area contributed by atoms with Crippen LogP contribution in [0.15, 0.2) is 33.8 Å². The number of carbonyl (C=O) groups is 6. The highest BCUT2D eigenvalue weighted by Gasteiger charge is 2.66. The fraction of sp³-hybridized carbons (Fsp3) is 0.536. The van der Waals surface area contributed by atoms with Crippen molar-refractivity contribution in [1.29, 1.82) is 0 Å². The van der Waals surface area contributed by atoms with Crippen LogP contribution in [0.25, 0.3) is 11.5 Å². The number of aromatic hydroxyl groups is 2. The van der Waals surface area contributed by atoms with Gasteiger partial charge in [-0.05, 0) is 123 Å². The number of fused-ring (bicyclic) bond motifs is 6. The van der Waals surface area contributed by atoms with Gasteiger partial charge in [-0.25, -0.2) is 17.6 Å². The van der Waals surface area contributed by atoms with E-state index in [0.29, 0.717) is 19.3 Å². The first kappa shape index (κ1) is 57.5. The Bertz CT molecular complexity index is 3050. The summed E-state index contributed by atoms with van der Waals surface area (Å²) in [6.45, 7) is 11.8. The molecule has 8 N–H and O–H groups in total. The molecule has 0 amide bonds. The first-order valence-electron chi connectivity index (χ1n) is 25.3. The molecular formula is C56H66F4N2O14. The molecule has 0 aromatic heterocycles. The van der Waals surface area contributed by atoms with Crippen molar-refractivity contribution in [3.63, 3.8) is 0 Å². The Morgan fingerprint density at radius 1 is 0.618 bits per heavy atom. The average Bonchev–Trinajstić information content (AvgIpc) is 3.33. The zero-order chi connectivity index (χ0) is 57.1. The molecule has 2 aromatic carbocycles. The van der Waals surface area contributed by atoms with Crippen LogP contribution in [0.1, 0.15) is 114 Å². The Labute approximate surface area is 436 Å². The lowest BCUT2D eigenvalue weighted by atomic mass is 9.57. The molecule has 2 fully saturated rings. The molecule has 412 valence electrons. The van der Waals surface area contributed by atoms with Crippen LogP contribution in [0.2, 0.25) is 0 Å². The van der Waals surface area contributed by atoms with Crippen LogP contribution in [-0.2, 0) is 54.5 Å². The van der Waals surface area contributed by atoms with E-state index in [9.17, 15) is 74.0 Å².